The van der Waals surface area contributed by atoms with Gasteiger partial charge < -0.3 is 4.57 Å². The molecule has 0 saturated carbocycles. The number of thioether (sulfide) groups is 1. The molecule has 0 bridgehead atoms. The van der Waals surface area contributed by atoms with Crippen LogP contribution in [0.5, 0.6) is 0 Å². The number of nitrogens with zero attached hydrogens (tertiary/aromatic N) is 2. The van der Waals surface area contributed by atoms with Gasteiger partial charge in [-0.15, -0.1) is 11.8 Å². The normalized spacial score (nSPS) is 12.3. The molecule has 3 rings (SSSR count). The third-order valence-corrected chi connectivity index (χ3v) is 5.65. The fourth-order valence-corrected chi connectivity index (χ4v) is 3.90. The number of hydrogen-bond donors (Lipinski definition) is 0. The molecule has 0 aliphatic carbocycles. The van der Waals surface area contributed by atoms with Gasteiger partial charge in [0.2, 0.25) is 0 Å². The maximum Gasteiger partial charge on any atom is 0.0946 e. The second-order valence-corrected chi connectivity index (χ2v) is 7.78. The Balaban J connectivity index is 1.74. The van der Waals surface area contributed by atoms with Crippen LogP contribution in [0.15, 0.2) is 71.7 Å². The molecule has 3 aromatic rings. The van der Waals surface area contributed by atoms with E-state index in [4.69, 9.17) is 11.6 Å². The number of benzene rings is 2. The van der Waals surface area contributed by atoms with Crippen LogP contribution in [0.2, 0.25) is 5.02 Å². The van der Waals surface area contributed by atoms with E-state index in [1.807, 2.05) is 42.6 Å². The monoisotopic (exact) mass is 406 g/mol. The van der Waals surface area contributed by atoms with Crippen molar-refractivity contribution in [2.45, 2.75) is 17.5 Å². The average molecular weight is 408 g/mol. The first kappa shape index (κ1) is 16.6. The van der Waals surface area contributed by atoms with Crippen molar-refractivity contribution in [3.8, 4) is 0 Å². The van der Waals surface area contributed by atoms with E-state index < -0.39 is 0 Å². The van der Waals surface area contributed by atoms with Crippen LogP contribution in [0.3, 0.4) is 0 Å². The Kier molecular flexibility index (Phi) is 5.81. The zero-order valence-electron chi connectivity index (χ0n) is 12.4. The topological polar surface area (TPSA) is 17.8 Å². The molecule has 0 aliphatic rings. The van der Waals surface area contributed by atoms with Gasteiger partial charge in [0.1, 0.15) is 0 Å². The molecule has 0 N–H and O–H groups in total. The highest BCUT2D eigenvalue weighted by molar-refractivity contribution is 9.10. The minimum absolute atomic E-state index is 0.368. The van der Waals surface area contributed by atoms with Gasteiger partial charge in [0, 0.05) is 39.4 Å². The zero-order chi connectivity index (χ0) is 16.1. The van der Waals surface area contributed by atoms with E-state index in [0.717, 1.165) is 21.8 Å². The lowest BCUT2D eigenvalue weighted by Crippen LogP contribution is -2.05. The summed E-state index contributed by atoms with van der Waals surface area (Å²) < 4.78 is 3.23. The predicted molar refractivity (Wildman–Crippen MR) is 102 cm³/mol. The number of halogens is 2. The summed E-state index contributed by atoms with van der Waals surface area (Å²) in [6, 6.07) is 16.6. The molecule has 0 saturated heterocycles. The Labute approximate surface area is 154 Å². The van der Waals surface area contributed by atoms with Gasteiger partial charge in [-0.1, -0.05) is 51.8 Å². The molecule has 1 heterocycles. The molecule has 5 heteroatoms. The van der Waals surface area contributed by atoms with Gasteiger partial charge in [-0.25, -0.2) is 4.98 Å². The Bertz CT molecular complexity index is 727. The number of imidazole rings is 1. The molecule has 0 radical (unpaired) electrons. The van der Waals surface area contributed by atoms with Gasteiger partial charge in [-0.3, -0.25) is 0 Å². The summed E-state index contributed by atoms with van der Waals surface area (Å²) in [5, 5.41) is 1.15. The van der Waals surface area contributed by atoms with Gasteiger partial charge >= 0.3 is 0 Å². The highest BCUT2D eigenvalue weighted by atomic mass is 79.9. The molecule has 0 spiro atoms. The molecular weight excluding hydrogens is 392 g/mol. The van der Waals surface area contributed by atoms with Crippen molar-refractivity contribution in [1.82, 2.24) is 9.55 Å². The summed E-state index contributed by atoms with van der Waals surface area (Å²) in [5.74, 6) is 0.951. The summed E-state index contributed by atoms with van der Waals surface area (Å²) >= 11 is 11.4. The fraction of sp³-hybridized carbons (Fsp3) is 0.167. The van der Waals surface area contributed by atoms with Gasteiger partial charge in [0.15, 0.2) is 0 Å². The summed E-state index contributed by atoms with van der Waals surface area (Å²) in [6.45, 7) is 0.903. The van der Waals surface area contributed by atoms with E-state index in [1.54, 1.807) is 0 Å². The second kappa shape index (κ2) is 8.04. The first-order chi connectivity index (χ1) is 11.2. The maximum atomic E-state index is 5.96. The minimum Gasteiger partial charge on any atom is -0.336 e. The van der Waals surface area contributed by atoms with Crippen molar-refractivity contribution in [2.75, 3.05) is 0 Å². The molecule has 0 aliphatic heterocycles. The minimum atomic E-state index is 0.368. The van der Waals surface area contributed by atoms with E-state index >= 15 is 0 Å². The van der Waals surface area contributed by atoms with Crippen LogP contribution in [0.4, 0.5) is 0 Å². The van der Waals surface area contributed by atoms with E-state index in [-0.39, 0.29) is 0 Å². The molecule has 2 aromatic carbocycles. The first-order valence-electron chi connectivity index (χ1n) is 7.28. The standard InChI is InChI=1S/C18H16BrClN2S/c19-16-5-3-15(4-6-16)18(11-22-10-9-21-13-22)23-12-14-1-7-17(20)8-2-14/h1-10,13,18H,11-12H2. The average Bonchev–Trinajstić information content (AvgIpc) is 3.07. The second-order valence-electron chi connectivity index (χ2n) is 5.24. The van der Waals surface area contributed by atoms with Crippen molar-refractivity contribution in [1.29, 1.82) is 0 Å². The van der Waals surface area contributed by atoms with Crippen LogP contribution in [0.1, 0.15) is 16.4 Å². The summed E-state index contributed by atoms with van der Waals surface area (Å²) in [7, 11) is 0. The van der Waals surface area contributed by atoms with E-state index in [2.05, 4.69) is 61.9 Å². The quantitative estimate of drug-likeness (QED) is 0.500. The van der Waals surface area contributed by atoms with Crippen molar-refractivity contribution in [2.24, 2.45) is 0 Å². The smallest absolute Gasteiger partial charge is 0.0946 e. The lowest BCUT2D eigenvalue weighted by atomic mass is 10.1. The van der Waals surface area contributed by atoms with E-state index in [0.29, 0.717) is 5.25 Å². The van der Waals surface area contributed by atoms with E-state index in [9.17, 15) is 0 Å². The molecule has 118 valence electrons. The Morgan fingerprint density at radius 1 is 1.09 bits per heavy atom. The number of aromatic nitrogens is 2. The SMILES string of the molecule is Clc1ccc(CSC(Cn2ccnc2)c2ccc(Br)cc2)cc1. The Hall–Kier alpha value is -1.23. The van der Waals surface area contributed by atoms with Crippen molar-refractivity contribution >= 4 is 39.3 Å². The molecule has 1 aromatic heterocycles. The zero-order valence-corrected chi connectivity index (χ0v) is 15.6. The van der Waals surface area contributed by atoms with Crippen LogP contribution < -0.4 is 0 Å². The third kappa shape index (κ3) is 4.87. The molecule has 23 heavy (non-hydrogen) atoms. The highest BCUT2D eigenvalue weighted by Crippen LogP contribution is 2.34. The molecule has 1 unspecified atom stereocenters. The van der Waals surface area contributed by atoms with Crippen molar-refractivity contribution in [3.05, 3.63) is 87.9 Å². The predicted octanol–water partition coefficient (Wildman–Crippen LogP) is 5.97. The van der Waals surface area contributed by atoms with Crippen LogP contribution >= 0.6 is 39.3 Å². The largest absolute Gasteiger partial charge is 0.336 e. The van der Waals surface area contributed by atoms with Crippen LogP contribution in [0, 0.1) is 0 Å². The highest BCUT2D eigenvalue weighted by Gasteiger charge is 2.13. The van der Waals surface area contributed by atoms with Crippen LogP contribution in [-0.2, 0) is 12.3 Å². The molecule has 1 atom stereocenters. The maximum absolute atomic E-state index is 5.96. The number of hydrogen-bond acceptors (Lipinski definition) is 2. The summed E-state index contributed by atoms with van der Waals surface area (Å²) in [6.07, 6.45) is 5.70. The van der Waals surface area contributed by atoms with Gasteiger partial charge in [-0.05, 0) is 35.4 Å². The van der Waals surface area contributed by atoms with Crippen molar-refractivity contribution in [3.63, 3.8) is 0 Å². The van der Waals surface area contributed by atoms with Gasteiger partial charge in [-0.2, -0.15) is 0 Å². The van der Waals surface area contributed by atoms with Gasteiger partial charge in [0.05, 0.1) is 6.33 Å². The van der Waals surface area contributed by atoms with Gasteiger partial charge in [0.25, 0.3) is 0 Å². The van der Waals surface area contributed by atoms with E-state index in [1.165, 1.54) is 11.1 Å². The molecule has 2 nitrogen and oxygen atoms in total. The summed E-state index contributed by atoms with van der Waals surface area (Å²) in [5.41, 5.74) is 2.60. The fourth-order valence-electron chi connectivity index (χ4n) is 2.30. The molecule has 0 amide bonds. The first-order valence-corrected chi connectivity index (χ1v) is 9.50. The lowest BCUT2D eigenvalue weighted by molar-refractivity contribution is 0.683. The third-order valence-electron chi connectivity index (χ3n) is 3.54. The molecule has 0 fully saturated rings. The lowest BCUT2D eigenvalue weighted by Gasteiger charge is -2.18. The number of rotatable bonds is 6. The Morgan fingerprint density at radius 3 is 2.48 bits per heavy atom. The Morgan fingerprint density at radius 2 is 1.83 bits per heavy atom. The van der Waals surface area contributed by atoms with Crippen LogP contribution in [-0.4, -0.2) is 9.55 Å². The summed E-state index contributed by atoms with van der Waals surface area (Å²) in [4.78, 5) is 4.14. The van der Waals surface area contributed by atoms with Crippen molar-refractivity contribution < 1.29 is 0 Å². The molecular formula is C18H16BrClN2S. The van der Waals surface area contributed by atoms with Crippen LogP contribution in [0.25, 0.3) is 0 Å².